The van der Waals surface area contributed by atoms with Crippen LogP contribution in [0, 0.1) is 5.92 Å². The van der Waals surface area contributed by atoms with Crippen LogP contribution < -0.4 is 60.6 Å². The SMILES string of the molecule is CSC(CC(I)OCC(C)C1NC(C)[I-](C)(O)NC1(C)[NH3+])C([NH3+])[I-]C. The van der Waals surface area contributed by atoms with Crippen LogP contribution in [-0.2, 0) is 4.74 Å². The second-order valence-electron chi connectivity index (χ2n) is 7.10. The van der Waals surface area contributed by atoms with Crippen molar-refractivity contribution in [1.82, 2.24) is 8.85 Å². The minimum absolute atomic E-state index is 0.130. The van der Waals surface area contributed by atoms with Crippen molar-refractivity contribution < 1.29 is 60.0 Å². The molecule has 1 aliphatic heterocycles. The van der Waals surface area contributed by atoms with Gasteiger partial charge in [0.05, 0.1) is 0 Å². The maximum atomic E-state index is 10.6. The Labute approximate surface area is 186 Å². The van der Waals surface area contributed by atoms with Gasteiger partial charge in [0.2, 0.25) is 0 Å². The van der Waals surface area contributed by atoms with Gasteiger partial charge in [-0.15, -0.1) is 0 Å². The molecule has 0 aromatic carbocycles. The van der Waals surface area contributed by atoms with Gasteiger partial charge in [-0.25, -0.2) is 0 Å². The summed E-state index contributed by atoms with van der Waals surface area (Å²) in [6, 6.07) is 0.174. The van der Waals surface area contributed by atoms with Crippen molar-refractivity contribution in [1.29, 1.82) is 0 Å². The summed E-state index contributed by atoms with van der Waals surface area (Å²) < 4.78 is 21.2. The summed E-state index contributed by atoms with van der Waals surface area (Å²) in [5.74, 6) is 0.314. The van der Waals surface area contributed by atoms with Crippen LogP contribution in [0.5, 0.6) is 0 Å². The van der Waals surface area contributed by atoms with Gasteiger partial charge in [-0.05, 0) is 0 Å². The molecule has 0 spiro atoms. The van der Waals surface area contributed by atoms with Crippen molar-refractivity contribution in [3.8, 4) is 0 Å². The first-order valence-corrected chi connectivity index (χ1v) is 19.7. The van der Waals surface area contributed by atoms with Crippen LogP contribution in [-0.4, -0.2) is 55.3 Å². The van der Waals surface area contributed by atoms with Gasteiger partial charge in [-0.3, -0.25) is 0 Å². The van der Waals surface area contributed by atoms with Crippen LogP contribution >= 0.6 is 34.4 Å². The van der Waals surface area contributed by atoms with E-state index in [1.54, 1.807) is 0 Å². The molecule has 0 amide bonds. The number of halogens is 3. The standard InChI is InChI=1S/C15H35I3N4O2S/c1-9(8-24-12(16)7-11(25-6)14(19)17-4)13-15(3,20)22-18(5,23)10(2)21-13/h9-14,21-23H,7-8,19-20H2,1-6H3/q-2/p+2. The zero-order chi connectivity index (χ0) is 19.4. The minimum atomic E-state index is -2.93. The molecule has 1 saturated heterocycles. The molecule has 6 nitrogen and oxygen atoms in total. The Balaban J connectivity index is 2.56. The Bertz CT molecular complexity index is 420. The third-order valence-electron chi connectivity index (χ3n) is 4.65. The summed E-state index contributed by atoms with van der Waals surface area (Å²) in [4.78, 5) is 4.28. The molecule has 10 heteroatoms. The number of ether oxygens (including phenoxy) is 1. The second-order valence-corrected chi connectivity index (χ2v) is 19.8. The Hall–Kier alpha value is 2.30. The first-order chi connectivity index (χ1) is 11.4. The molecule has 0 bridgehead atoms. The van der Waals surface area contributed by atoms with Crippen molar-refractivity contribution in [2.75, 3.05) is 22.7 Å². The molecule has 1 rings (SSSR count). The number of alkyl halides is 5. The molecule has 0 radical (unpaired) electrons. The van der Waals surface area contributed by atoms with E-state index in [4.69, 9.17) is 4.74 Å². The number of nitrogens with one attached hydrogen (secondary N) is 2. The van der Waals surface area contributed by atoms with Gasteiger partial charge in [0.25, 0.3) is 0 Å². The van der Waals surface area contributed by atoms with Crippen molar-refractivity contribution >= 4 is 34.4 Å². The number of rotatable bonds is 9. The molecule has 156 valence electrons. The average molecular weight is 718 g/mol. The monoisotopic (exact) mass is 718 g/mol. The molecular weight excluding hydrogens is 681 g/mol. The van der Waals surface area contributed by atoms with Crippen LogP contribution in [0.2, 0.25) is 0 Å². The van der Waals surface area contributed by atoms with Gasteiger partial charge in [0.1, 0.15) is 0 Å². The predicted octanol–water partition coefficient (Wildman–Crippen LogP) is -6.71. The predicted molar refractivity (Wildman–Crippen MR) is 106 cm³/mol. The molecule has 8 unspecified atom stereocenters. The number of quaternary nitrogens is 2. The van der Waals surface area contributed by atoms with Crippen LogP contribution in [0.4, 0.5) is 0 Å². The number of hydrogen-bond acceptors (Lipinski definition) is 5. The third-order valence-corrected chi connectivity index (χ3v) is 15.9. The van der Waals surface area contributed by atoms with E-state index in [1.165, 1.54) is 0 Å². The quantitative estimate of drug-likeness (QED) is 0.0707. The van der Waals surface area contributed by atoms with E-state index in [0.717, 1.165) is 6.42 Å². The van der Waals surface area contributed by atoms with Crippen molar-refractivity contribution in [2.24, 2.45) is 5.92 Å². The van der Waals surface area contributed by atoms with E-state index < -0.39 is 19.1 Å². The number of hydrogen-bond donors (Lipinski definition) is 5. The molecule has 0 aromatic heterocycles. The third kappa shape index (κ3) is 7.57. The molecule has 8 atom stereocenters. The normalized spacial score (nSPS) is 40.9. The summed E-state index contributed by atoms with van der Waals surface area (Å²) in [6.07, 6.45) is 3.23. The first-order valence-electron chi connectivity index (χ1n) is 8.36. The molecule has 25 heavy (non-hydrogen) atoms. The molecule has 1 fully saturated rings. The fourth-order valence-corrected chi connectivity index (χ4v) is 11.9. The van der Waals surface area contributed by atoms with E-state index in [9.17, 15) is 3.44 Å². The van der Waals surface area contributed by atoms with Gasteiger partial charge in [0.15, 0.2) is 0 Å². The average Bonchev–Trinajstić information content (AvgIpc) is 2.51. The Morgan fingerprint density at radius 2 is 2.12 bits per heavy atom. The van der Waals surface area contributed by atoms with E-state index in [2.05, 4.69) is 74.9 Å². The summed E-state index contributed by atoms with van der Waals surface area (Å²) in [5.41, 5.74) is 8.27. The van der Waals surface area contributed by atoms with Crippen molar-refractivity contribution in [3.63, 3.8) is 0 Å². The van der Waals surface area contributed by atoms with Gasteiger partial charge < -0.3 is 0 Å². The van der Waals surface area contributed by atoms with E-state index in [-0.39, 0.29) is 41.1 Å². The topological polar surface area (TPSA) is 109 Å². The van der Waals surface area contributed by atoms with E-state index in [0.29, 0.717) is 21.8 Å². The second kappa shape index (κ2) is 10.9. The first kappa shape index (κ1) is 25.3. The van der Waals surface area contributed by atoms with Crippen LogP contribution in [0.3, 0.4) is 0 Å². The van der Waals surface area contributed by atoms with Crippen molar-refractivity contribution in [2.45, 2.75) is 56.4 Å². The zero-order valence-corrected chi connectivity index (χ0v) is 23.5. The molecule has 0 aromatic rings. The zero-order valence-electron chi connectivity index (χ0n) is 16.2. The van der Waals surface area contributed by atoms with Gasteiger partial charge in [-0.1, -0.05) is 0 Å². The summed E-state index contributed by atoms with van der Waals surface area (Å²) in [7, 11) is 0. The Kier molecular flexibility index (Phi) is 11.0. The molecule has 0 saturated carbocycles. The van der Waals surface area contributed by atoms with E-state index >= 15 is 0 Å². The van der Waals surface area contributed by atoms with Crippen LogP contribution in [0.1, 0.15) is 27.2 Å². The fourth-order valence-electron chi connectivity index (χ4n) is 3.06. The molecule has 1 aliphatic rings. The summed E-state index contributed by atoms with van der Waals surface area (Å²) in [6.45, 7) is 7.06. The molecule has 9 N–H and O–H groups in total. The van der Waals surface area contributed by atoms with Crippen molar-refractivity contribution in [3.05, 3.63) is 0 Å². The van der Waals surface area contributed by atoms with Crippen LogP contribution in [0.15, 0.2) is 0 Å². The molecular formula is C15H37I3N4O2S. The Morgan fingerprint density at radius 3 is 2.64 bits per heavy atom. The number of thioether (sulfide) groups is 1. The fraction of sp³-hybridized carbons (Fsp3) is 1.00. The maximum absolute atomic E-state index is 10.6. The van der Waals surface area contributed by atoms with Crippen LogP contribution in [0.25, 0.3) is 0 Å². The van der Waals surface area contributed by atoms with Gasteiger partial charge in [0, 0.05) is 0 Å². The summed E-state index contributed by atoms with van der Waals surface area (Å²) >= 11 is 1.58. The Morgan fingerprint density at radius 1 is 1.52 bits per heavy atom. The van der Waals surface area contributed by atoms with E-state index in [1.807, 2.05) is 16.7 Å². The molecule has 1 heterocycles. The molecule has 0 aliphatic carbocycles. The summed E-state index contributed by atoms with van der Waals surface area (Å²) in [5, 5.41) is 4.20. The van der Waals surface area contributed by atoms with Gasteiger partial charge >= 0.3 is 188 Å². The van der Waals surface area contributed by atoms with Gasteiger partial charge in [-0.2, -0.15) is 0 Å².